The van der Waals surface area contributed by atoms with Crippen molar-refractivity contribution in [3.8, 4) is 5.75 Å². The van der Waals surface area contributed by atoms with Gasteiger partial charge in [0.25, 0.3) is 15.9 Å². The topological polar surface area (TPSA) is 79.0 Å². The molecule has 1 saturated heterocycles. The van der Waals surface area contributed by atoms with E-state index in [4.69, 9.17) is 4.74 Å². The van der Waals surface area contributed by atoms with Crippen LogP contribution in [0.2, 0.25) is 0 Å². The molecule has 0 radical (unpaired) electrons. The molecule has 1 amide bonds. The van der Waals surface area contributed by atoms with E-state index in [2.05, 4.69) is 9.62 Å². The lowest BCUT2D eigenvalue weighted by atomic mass is 10.1. The number of carbonyl (C=O) groups excluding carboxylic acids is 1. The molecule has 1 aliphatic rings. The highest BCUT2D eigenvalue weighted by molar-refractivity contribution is 7.92. The summed E-state index contributed by atoms with van der Waals surface area (Å²) in [4.78, 5) is 17.2. The van der Waals surface area contributed by atoms with Crippen LogP contribution >= 0.6 is 0 Å². The molecule has 0 bridgehead atoms. The van der Waals surface area contributed by atoms with Gasteiger partial charge in [0.05, 0.1) is 12.0 Å². The molecule has 3 aromatic rings. The summed E-state index contributed by atoms with van der Waals surface area (Å²) in [6.45, 7) is 2.62. The van der Waals surface area contributed by atoms with Crippen molar-refractivity contribution in [3.05, 3.63) is 84.4 Å². The minimum atomic E-state index is -3.71. The average Bonchev–Trinajstić information content (AvgIpc) is 2.84. The van der Waals surface area contributed by atoms with Gasteiger partial charge in [-0.05, 0) is 54.6 Å². The monoisotopic (exact) mass is 451 g/mol. The number of carbonyl (C=O) groups is 1. The Labute approximate surface area is 188 Å². The van der Waals surface area contributed by atoms with E-state index >= 15 is 0 Å². The van der Waals surface area contributed by atoms with E-state index in [1.54, 1.807) is 54.5 Å². The van der Waals surface area contributed by atoms with Crippen LogP contribution in [0.5, 0.6) is 5.75 Å². The highest BCUT2D eigenvalue weighted by Gasteiger charge is 2.23. The average molecular weight is 452 g/mol. The fourth-order valence-electron chi connectivity index (χ4n) is 3.67. The van der Waals surface area contributed by atoms with Gasteiger partial charge in [-0.25, -0.2) is 8.42 Å². The molecule has 0 aromatic heterocycles. The number of rotatable bonds is 6. The maximum Gasteiger partial charge on any atom is 0.261 e. The van der Waals surface area contributed by atoms with E-state index in [9.17, 15) is 13.2 Å². The highest BCUT2D eigenvalue weighted by Crippen LogP contribution is 2.22. The van der Waals surface area contributed by atoms with E-state index in [0.717, 1.165) is 24.5 Å². The van der Waals surface area contributed by atoms with Crippen LogP contribution < -0.4 is 14.4 Å². The molecular formula is C24H25N3O4S. The van der Waals surface area contributed by atoms with Crippen molar-refractivity contribution in [3.63, 3.8) is 0 Å². The minimum Gasteiger partial charge on any atom is -0.497 e. The van der Waals surface area contributed by atoms with E-state index in [1.165, 1.54) is 12.1 Å². The Balaban J connectivity index is 1.41. The van der Waals surface area contributed by atoms with Crippen LogP contribution in [0.4, 0.5) is 11.4 Å². The zero-order valence-electron chi connectivity index (χ0n) is 17.8. The van der Waals surface area contributed by atoms with Gasteiger partial charge in [0.1, 0.15) is 5.75 Å². The third kappa shape index (κ3) is 4.86. The molecule has 1 fully saturated rings. The molecule has 0 aliphatic carbocycles. The zero-order valence-corrected chi connectivity index (χ0v) is 18.6. The van der Waals surface area contributed by atoms with Crippen LogP contribution in [0.25, 0.3) is 0 Å². The third-order valence-corrected chi connectivity index (χ3v) is 6.82. The number of ether oxygens (including phenoxy) is 1. The van der Waals surface area contributed by atoms with Gasteiger partial charge in [0, 0.05) is 43.1 Å². The molecule has 1 N–H and O–H groups in total. The van der Waals surface area contributed by atoms with Gasteiger partial charge < -0.3 is 14.5 Å². The summed E-state index contributed by atoms with van der Waals surface area (Å²) >= 11 is 0. The molecule has 32 heavy (non-hydrogen) atoms. The van der Waals surface area contributed by atoms with Gasteiger partial charge in [-0.3, -0.25) is 9.52 Å². The number of piperazine rings is 1. The smallest absolute Gasteiger partial charge is 0.261 e. The van der Waals surface area contributed by atoms with Crippen molar-refractivity contribution in [1.82, 2.24) is 4.90 Å². The molecular weight excluding hydrogens is 426 g/mol. The normalized spacial score (nSPS) is 14.2. The number of nitrogens with one attached hydrogen (secondary N) is 1. The molecule has 4 rings (SSSR count). The van der Waals surface area contributed by atoms with E-state index < -0.39 is 10.0 Å². The largest absolute Gasteiger partial charge is 0.497 e. The Hall–Kier alpha value is -3.52. The van der Waals surface area contributed by atoms with Crippen molar-refractivity contribution < 1.29 is 17.9 Å². The summed E-state index contributed by atoms with van der Waals surface area (Å²) in [5.74, 6) is 0.700. The quantitative estimate of drug-likeness (QED) is 0.621. The first-order valence-electron chi connectivity index (χ1n) is 10.3. The minimum absolute atomic E-state index is 0.111. The number of anilines is 2. The maximum atomic E-state index is 13.0. The van der Waals surface area contributed by atoms with E-state index in [-0.39, 0.29) is 10.8 Å². The standard InChI is InChI=1S/C24H25N3O4S/c1-31-22-12-10-21(11-13-22)26-14-16-27(17-15-26)24(28)19-6-5-7-20(18-19)25-32(29,30)23-8-3-2-4-9-23/h2-13,18,25H,14-17H2,1H3. The summed E-state index contributed by atoms with van der Waals surface area (Å²) in [7, 11) is -2.07. The molecule has 1 heterocycles. The molecule has 0 spiro atoms. The lowest BCUT2D eigenvalue weighted by molar-refractivity contribution is 0.0747. The van der Waals surface area contributed by atoms with E-state index in [0.29, 0.717) is 24.3 Å². The summed E-state index contributed by atoms with van der Waals surface area (Å²) in [6, 6.07) is 22.6. The number of amides is 1. The molecule has 3 aromatic carbocycles. The number of nitrogens with zero attached hydrogens (tertiary/aromatic N) is 2. The molecule has 0 atom stereocenters. The SMILES string of the molecule is COc1ccc(N2CCN(C(=O)c3cccc(NS(=O)(=O)c4ccccc4)c3)CC2)cc1. The number of hydrogen-bond acceptors (Lipinski definition) is 5. The Bertz CT molecular complexity index is 1170. The molecule has 0 saturated carbocycles. The Kier molecular flexibility index (Phi) is 6.32. The summed E-state index contributed by atoms with van der Waals surface area (Å²) < 4.78 is 32.9. The second kappa shape index (κ2) is 9.32. The van der Waals surface area contributed by atoms with Crippen molar-refractivity contribution >= 4 is 27.3 Å². The van der Waals surface area contributed by atoms with Crippen LogP contribution in [0, 0.1) is 0 Å². The number of methoxy groups -OCH3 is 1. The van der Waals surface area contributed by atoms with Crippen LogP contribution in [-0.4, -0.2) is 52.5 Å². The number of sulfonamides is 1. The lowest BCUT2D eigenvalue weighted by Crippen LogP contribution is -2.48. The van der Waals surface area contributed by atoms with Crippen LogP contribution in [0.3, 0.4) is 0 Å². The first-order chi connectivity index (χ1) is 15.5. The molecule has 0 unspecified atom stereocenters. The Morgan fingerprint density at radius 2 is 1.56 bits per heavy atom. The highest BCUT2D eigenvalue weighted by atomic mass is 32.2. The lowest BCUT2D eigenvalue weighted by Gasteiger charge is -2.36. The second-order valence-electron chi connectivity index (χ2n) is 7.48. The van der Waals surface area contributed by atoms with Crippen LogP contribution in [0.15, 0.2) is 83.8 Å². The first-order valence-corrected chi connectivity index (χ1v) is 11.8. The van der Waals surface area contributed by atoms with Gasteiger partial charge >= 0.3 is 0 Å². The molecule has 166 valence electrons. The van der Waals surface area contributed by atoms with Crippen molar-refractivity contribution in [2.45, 2.75) is 4.90 Å². The molecule has 7 nitrogen and oxygen atoms in total. The fraction of sp³-hybridized carbons (Fsp3) is 0.208. The van der Waals surface area contributed by atoms with Crippen LogP contribution in [0.1, 0.15) is 10.4 Å². The van der Waals surface area contributed by atoms with E-state index in [1.807, 2.05) is 24.3 Å². The zero-order chi connectivity index (χ0) is 22.6. The molecule has 1 aliphatic heterocycles. The van der Waals surface area contributed by atoms with Crippen LogP contribution in [-0.2, 0) is 10.0 Å². The predicted molar refractivity (Wildman–Crippen MR) is 125 cm³/mol. The van der Waals surface area contributed by atoms with Crippen molar-refractivity contribution in [2.75, 3.05) is 42.9 Å². The second-order valence-corrected chi connectivity index (χ2v) is 9.16. The fourth-order valence-corrected chi connectivity index (χ4v) is 4.74. The summed E-state index contributed by atoms with van der Waals surface area (Å²) in [6.07, 6.45) is 0. The van der Waals surface area contributed by atoms with Gasteiger partial charge in [0.15, 0.2) is 0 Å². The van der Waals surface area contributed by atoms with Crippen molar-refractivity contribution in [1.29, 1.82) is 0 Å². The Morgan fingerprint density at radius 3 is 2.22 bits per heavy atom. The molecule has 8 heteroatoms. The first kappa shape index (κ1) is 21.7. The van der Waals surface area contributed by atoms with Gasteiger partial charge in [-0.15, -0.1) is 0 Å². The van der Waals surface area contributed by atoms with Gasteiger partial charge in [0.2, 0.25) is 0 Å². The predicted octanol–water partition coefficient (Wildman–Crippen LogP) is 3.46. The maximum absolute atomic E-state index is 13.0. The summed E-state index contributed by atoms with van der Waals surface area (Å²) in [5, 5.41) is 0. The third-order valence-electron chi connectivity index (χ3n) is 5.42. The van der Waals surface area contributed by atoms with Crippen molar-refractivity contribution in [2.24, 2.45) is 0 Å². The van der Waals surface area contributed by atoms with Gasteiger partial charge in [-0.1, -0.05) is 24.3 Å². The number of hydrogen-bond donors (Lipinski definition) is 1. The summed E-state index contributed by atoms with van der Waals surface area (Å²) in [5.41, 5.74) is 1.91. The number of benzene rings is 3. The van der Waals surface area contributed by atoms with Gasteiger partial charge in [-0.2, -0.15) is 0 Å². The Morgan fingerprint density at radius 1 is 0.875 bits per heavy atom.